The molecular formula is C20H24BrN5O4. The van der Waals surface area contributed by atoms with Crippen LogP contribution in [-0.2, 0) is 27.4 Å². The molecule has 0 fully saturated rings. The van der Waals surface area contributed by atoms with Crippen LogP contribution < -0.4 is 32.4 Å². The van der Waals surface area contributed by atoms with E-state index in [1.54, 1.807) is 0 Å². The molecular weight excluding hydrogens is 454 g/mol. The average Bonchev–Trinajstić information content (AvgIpc) is 2.99. The maximum absolute atomic E-state index is 12.7. The van der Waals surface area contributed by atoms with E-state index >= 15 is 0 Å². The van der Waals surface area contributed by atoms with Crippen molar-refractivity contribution in [3.8, 4) is 0 Å². The van der Waals surface area contributed by atoms with E-state index in [1.807, 2.05) is 45.8 Å². The van der Waals surface area contributed by atoms with E-state index in [4.69, 9.17) is 4.74 Å². The quantitative estimate of drug-likeness (QED) is 0.230. The number of aryl methyl sites for hydroxylation is 1. The molecule has 0 radical (unpaired) electrons. The molecule has 0 bridgehead atoms. The minimum atomic E-state index is -0.328. The van der Waals surface area contributed by atoms with Crippen LogP contribution in [-0.4, -0.2) is 33.0 Å². The van der Waals surface area contributed by atoms with Crippen LogP contribution >= 0.6 is 0 Å². The number of hydrogen-bond acceptors (Lipinski definition) is 5. The number of ether oxygens (including phenoxy) is 1. The molecule has 0 saturated carbocycles. The van der Waals surface area contributed by atoms with E-state index in [0.717, 1.165) is 12.0 Å². The molecule has 0 aliphatic rings. The number of hydrogen-bond donors (Lipinski definition) is 2. The summed E-state index contributed by atoms with van der Waals surface area (Å²) in [4.78, 5) is 42.0. The molecule has 0 saturated heterocycles. The Morgan fingerprint density at radius 2 is 1.93 bits per heavy atom. The highest BCUT2D eigenvalue weighted by Gasteiger charge is 2.22. The third kappa shape index (κ3) is 5.99. The fourth-order valence-corrected chi connectivity index (χ4v) is 3.09. The third-order valence-corrected chi connectivity index (χ3v) is 4.30. The standard InChI is InChI=1S/C20H23N5O4.BrH/c1-14(26)21-20-22-18-17(19(28)23-20)24(10-6-7-11-29-15(2)27)13-25(18)12-16-8-4-3-5-9-16;/h3-5,8-9,13H,6-7,10-12H2,1-2H3,(H-,21,22,23,26,28);1H. The van der Waals surface area contributed by atoms with Gasteiger partial charge < -0.3 is 21.7 Å². The first-order valence-corrected chi connectivity index (χ1v) is 9.41. The average molecular weight is 478 g/mol. The Bertz CT molecular complexity index is 1080. The molecule has 0 atom stereocenters. The van der Waals surface area contributed by atoms with Crippen LogP contribution in [0, 0.1) is 0 Å². The Morgan fingerprint density at radius 1 is 1.20 bits per heavy atom. The fourth-order valence-electron chi connectivity index (χ4n) is 3.09. The Hall–Kier alpha value is -3.01. The smallest absolute Gasteiger partial charge is 0.311 e. The molecule has 2 aromatic heterocycles. The van der Waals surface area contributed by atoms with Crippen molar-refractivity contribution < 1.29 is 35.9 Å². The second-order valence-corrected chi connectivity index (χ2v) is 6.74. The lowest BCUT2D eigenvalue weighted by Crippen LogP contribution is -3.00. The molecule has 160 valence electrons. The minimum Gasteiger partial charge on any atom is -1.00 e. The Kier molecular flexibility index (Phi) is 8.28. The highest BCUT2D eigenvalue weighted by atomic mass is 79.9. The van der Waals surface area contributed by atoms with E-state index in [-0.39, 0.29) is 40.4 Å². The summed E-state index contributed by atoms with van der Waals surface area (Å²) < 4.78 is 8.68. The molecule has 3 aromatic rings. The SMILES string of the molecule is CC(=O)Nc1nc2c(c(=O)[nH]1)n(CCCCOC(C)=O)c[n+]2Cc1ccccc1.[Br-]. The van der Waals surface area contributed by atoms with Crippen molar-refractivity contribution in [3.05, 3.63) is 52.6 Å². The van der Waals surface area contributed by atoms with Gasteiger partial charge in [-0.3, -0.25) is 29.3 Å². The van der Waals surface area contributed by atoms with Gasteiger partial charge in [0.15, 0.2) is 6.33 Å². The molecule has 2 heterocycles. The number of carbonyl (C=O) groups is 2. The Labute approximate surface area is 183 Å². The monoisotopic (exact) mass is 477 g/mol. The van der Waals surface area contributed by atoms with Gasteiger partial charge in [0.05, 0.1) is 19.7 Å². The lowest BCUT2D eigenvalue weighted by Gasteiger charge is -2.01. The summed E-state index contributed by atoms with van der Waals surface area (Å²) in [6, 6.07) is 9.84. The molecule has 3 rings (SSSR count). The summed E-state index contributed by atoms with van der Waals surface area (Å²) in [5.74, 6) is -0.500. The van der Waals surface area contributed by atoms with Gasteiger partial charge in [-0.05, 0) is 18.4 Å². The zero-order valence-corrected chi connectivity index (χ0v) is 18.4. The number of esters is 1. The second kappa shape index (κ2) is 10.7. The molecule has 30 heavy (non-hydrogen) atoms. The number of unbranched alkanes of at least 4 members (excludes halogenated alkanes) is 1. The van der Waals surface area contributed by atoms with Crippen molar-refractivity contribution in [2.45, 2.75) is 39.8 Å². The highest BCUT2D eigenvalue weighted by Crippen LogP contribution is 2.10. The van der Waals surface area contributed by atoms with Crippen molar-refractivity contribution in [2.24, 2.45) is 0 Å². The first-order valence-electron chi connectivity index (χ1n) is 9.41. The molecule has 9 nitrogen and oxygen atoms in total. The molecule has 2 N–H and O–H groups in total. The number of fused-ring (bicyclic) bond motifs is 1. The van der Waals surface area contributed by atoms with Gasteiger partial charge in [-0.1, -0.05) is 35.3 Å². The Morgan fingerprint density at radius 3 is 2.60 bits per heavy atom. The summed E-state index contributed by atoms with van der Waals surface area (Å²) in [7, 11) is 0. The predicted octanol–water partition coefficient (Wildman–Crippen LogP) is -1.63. The molecule has 0 spiro atoms. The number of H-pyrrole nitrogens is 1. The van der Waals surface area contributed by atoms with Crippen LogP contribution in [0.2, 0.25) is 0 Å². The number of imidazole rings is 1. The van der Waals surface area contributed by atoms with Crippen LogP contribution in [0.15, 0.2) is 41.5 Å². The molecule has 0 aliphatic heterocycles. The van der Waals surface area contributed by atoms with Gasteiger partial charge >= 0.3 is 11.6 Å². The third-order valence-electron chi connectivity index (χ3n) is 4.30. The number of aromatic amines is 1. The van der Waals surface area contributed by atoms with E-state index < -0.39 is 0 Å². The van der Waals surface area contributed by atoms with Gasteiger partial charge in [-0.25, -0.2) is 4.57 Å². The number of halogens is 1. The maximum Gasteiger partial charge on any atom is 0.311 e. The topological polar surface area (TPSA) is 110 Å². The molecule has 1 amide bonds. The molecule has 1 aromatic carbocycles. The Balaban J connectivity index is 0.00000320. The van der Waals surface area contributed by atoms with E-state index in [9.17, 15) is 14.4 Å². The molecule has 0 aliphatic carbocycles. The normalized spacial score (nSPS) is 10.5. The summed E-state index contributed by atoms with van der Waals surface area (Å²) in [5, 5.41) is 2.53. The summed E-state index contributed by atoms with van der Waals surface area (Å²) in [6.45, 7) is 4.19. The number of amides is 1. The van der Waals surface area contributed by atoms with Gasteiger partial charge in [0.25, 0.3) is 11.5 Å². The van der Waals surface area contributed by atoms with Gasteiger partial charge in [0.2, 0.25) is 11.4 Å². The number of anilines is 1. The van der Waals surface area contributed by atoms with Gasteiger partial charge in [0, 0.05) is 13.8 Å². The van der Waals surface area contributed by atoms with Crippen LogP contribution in [0.3, 0.4) is 0 Å². The summed E-state index contributed by atoms with van der Waals surface area (Å²) >= 11 is 0. The van der Waals surface area contributed by atoms with E-state index in [0.29, 0.717) is 37.3 Å². The molecule has 0 unspecified atom stereocenters. The van der Waals surface area contributed by atoms with E-state index in [1.165, 1.54) is 13.8 Å². The van der Waals surface area contributed by atoms with Crippen LogP contribution in [0.4, 0.5) is 5.95 Å². The summed E-state index contributed by atoms with van der Waals surface area (Å²) in [6.07, 6.45) is 3.27. The van der Waals surface area contributed by atoms with E-state index in [2.05, 4.69) is 15.3 Å². The highest BCUT2D eigenvalue weighted by molar-refractivity contribution is 5.87. The number of aromatic nitrogens is 4. The number of rotatable bonds is 8. The number of benzene rings is 1. The predicted molar refractivity (Wildman–Crippen MR) is 106 cm³/mol. The zero-order chi connectivity index (χ0) is 20.8. The fraction of sp³-hybridized carbons (Fsp3) is 0.350. The van der Waals surface area contributed by atoms with Crippen molar-refractivity contribution in [1.82, 2.24) is 14.5 Å². The minimum absolute atomic E-state index is 0. The van der Waals surface area contributed by atoms with Crippen LogP contribution in [0.25, 0.3) is 11.2 Å². The molecule has 10 heteroatoms. The van der Waals surface area contributed by atoms with Crippen molar-refractivity contribution in [1.29, 1.82) is 0 Å². The lowest BCUT2D eigenvalue weighted by atomic mass is 10.2. The first-order chi connectivity index (χ1) is 13.9. The second-order valence-electron chi connectivity index (χ2n) is 6.74. The van der Waals surface area contributed by atoms with Gasteiger partial charge in [-0.15, -0.1) is 0 Å². The number of carbonyl (C=O) groups excluding carboxylic acids is 2. The maximum atomic E-state index is 12.7. The van der Waals surface area contributed by atoms with Crippen molar-refractivity contribution in [3.63, 3.8) is 0 Å². The lowest BCUT2D eigenvalue weighted by molar-refractivity contribution is -0.665. The largest absolute Gasteiger partial charge is 1.00 e. The number of nitrogens with zero attached hydrogens (tertiary/aromatic N) is 3. The summed E-state index contributed by atoms with van der Waals surface area (Å²) in [5.41, 5.74) is 1.66. The van der Waals surface area contributed by atoms with Crippen LogP contribution in [0.5, 0.6) is 0 Å². The van der Waals surface area contributed by atoms with Crippen molar-refractivity contribution >= 4 is 29.0 Å². The number of nitrogens with one attached hydrogen (secondary N) is 2. The van der Waals surface area contributed by atoms with Gasteiger partial charge in [-0.2, -0.15) is 0 Å². The van der Waals surface area contributed by atoms with Gasteiger partial charge in [0.1, 0.15) is 0 Å². The van der Waals surface area contributed by atoms with Crippen LogP contribution in [0.1, 0.15) is 32.3 Å². The first kappa shape index (κ1) is 23.3. The van der Waals surface area contributed by atoms with Crippen molar-refractivity contribution in [2.75, 3.05) is 11.9 Å². The zero-order valence-electron chi connectivity index (χ0n) is 16.9.